The minimum absolute atomic E-state index is 0.264. The number of rotatable bonds is 6. The summed E-state index contributed by atoms with van der Waals surface area (Å²) in [5.74, 6) is -1.19. The number of hydrogen-bond acceptors (Lipinski definition) is 4. The molecule has 1 N–H and O–H groups in total. The molecule has 0 aliphatic heterocycles. The fraction of sp³-hybridized carbons (Fsp3) is 0.294. The van der Waals surface area contributed by atoms with Crippen molar-refractivity contribution in [2.45, 2.75) is 12.8 Å². The van der Waals surface area contributed by atoms with Gasteiger partial charge in [-0.2, -0.15) is 0 Å². The van der Waals surface area contributed by atoms with Crippen LogP contribution < -0.4 is 10.2 Å². The maximum Gasteiger partial charge on any atom is 0.264 e. The van der Waals surface area contributed by atoms with Crippen LogP contribution in [0.3, 0.4) is 0 Å². The van der Waals surface area contributed by atoms with E-state index >= 15 is 0 Å². The van der Waals surface area contributed by atoms with Crippen molar-refractivity contribution in [3.63, 3.8) is 0 Å². The molecule has 6 heteroatoms. The van der Waals surface area contributed by atoms with E-state index in [0.29, 0.717) is 10.9 Å². The smallest absolute Gasteiger partial charge is 0.264 e. The van der Waals surface area contributed by atoms with Crippen molar-refractivity contribution in [2.24, 2.45) is 0 Å². The Morgan fingerprint density at radius 2 is 1.70 bits per heavy atom. The highest BCUT2D eigenvalue weighted by Gasteiger charge is 2.36. The van der Waals surface area contributed by atoms with Gasteiger partial charge in [0.25, 0.3) is 7.37 Å². The lowest BCUT2D eigenvalue weighted by Crippen LogP contribution is -2.16. The van der Waals surface area contributed by atoms with Crippen LogP contribution in [0.4, 0.5) is 5.69 Å². The summed E-state index contributed by atoms with van der Waals surface area (Å²) in [6.07, 6.45) is 0. The largest absolute Gasteiger partial charge is 0.378 e. The molecule has 0 saturated heterocycles. The van der Waals surface area contributed by atoms with E-state index in [0.717, 1.165) is 10.2 Å². The first-order chi connectivity index (χ1) is 10.9. The number of benzene rings is 2. The predicted molar refractivity (Wildman–Crippen MR) is 98.7 cm³/mol. The van der Waals surface area contributed by atoms with Gasteiger partial charge in [-0.3, -0.25) is 4.57 Å². The van der Waals surface area contributed by atoms with Crippen molar-refractivity contribution >= 4 is 34.3 Å². The van der Waals surface area contributed by atoms with Crippen molar-refractivity contribution < 1.29 is 14.2 Å². The van der Waals surface area contributed by atoms with E-state index in [1.807, 2.05) is 43.3 Å². The van der Waals surface area contributed by atoms with Crippen molar-refractivity contribution in [1.82, 2.24) is 0 Å². The van der Waals surface area contributed by atoms with Gasteiger partial charge in [0.1, 0.15) is 0 Å². The van der Waals surface area contributed by atoms with Crippen LogP contribution in [0.5, 0.6) is 0 Å². The van der Waals surface area contributed by atoms with Gasteiger partial charge < -0.3 is 14.5 Å². The van der Waals surface area contributed by atoms with Crippen LogP contribution in [0.25, 0.3) is 0 Å². The zero-order valence-electron chi connectivity index (χ0n) is 13.4. The monoisotopic (exact) mass is 397 g/mol. The molecule has 0 radical (unpaired) electrons. The molecule has 0 unspecified atom stereocenters. The average molecular weight is 398 g/mol. The summed E-state index contributed by atoms with van der Waals surface area (Å²) in [6.45, 7) is 2.04. The fourth-order valence-electron chi connectivity index (χ4n) is 2.27. The van der Waals surface area contributed by atoms with E-state index in [2.05, 4.69) is 15.9 Å². The molecule has 2 rings (SSSR count). The van der Waals surface area contributed by atoms with Gasteiger partial charge in [0.15, 0.2) is 5.85 Å². The maximum absolute atomic E-state index is 13.4. The first-order valence-electron chi connectivity index (χ1n) is 7.34. The standard InChI is InChI=1S/C17H21BrNO3P/c1-4-22-23(21,16-11-9-15(10-12-16)19(2)3)17(20)13-5-7-14(18)8-6-13/h5-12,17,20H,4H2,1-3H3/t17-,23-/m1/s1. The highest BCUT2D eigenvalue weighted by molar-refractivity contribution is 9.10. The van der Waals surface area contributed by atoms with Gasteiger partial charge >= 0.3 is 0 Å². The lowest BCUT2D eigenvalue weighted by molar-refractivity contribution is 0.218. The number of anilines is 1. The number of aliphatic hydroxyl groups is 1. The molecule has 4 nitrogen and oxygen atoms in total. The van der Waals surface area contributed by atoms with Crippen LogP contribution in [-0.4, -0.2) is 25.8 Å². The van der Waals surface area contributed by atoms with Crippen LogP contribution in [-0.2, 0) is 9.09 Å². The van der Waals surface area contributed by atoms with Crippen molar-refractivity contribution in [3.05, 3.63) is 58.6 Å². The molecule has 124 valence electrons. The van der Waals surface area contributed by atoms with Gasteiger partial charge in [0, 0.05) is 29.6 Å². The predicted octanol–water partition coefficient (Wildman–Crippen LogP) is 4.15. The first-order valence-corrected chi connectivity index (χ1v) is 9.83. The Hall–Kier alpha value is -1.13. The van der Waals surface area contributed by atoms with Gasteiger partial charge in [-0.25, -0.2) is 0 Å². The topological polar surface area (TPSA) is 49.8 Å². The lowest BCUT2D eigenvalue weighted by Gasteiger charge is -2.24. The quantitative estimate of drug-likeness (QED) is 0.743. The summed E-state index contributed by atoms with van der Waals surface area (Å²) in [6, 6.07) is 14.4. The molecule has 2 aromatic rings. The van der Waals surface area contributed by atoms with Crippen molar-refractivity contribution in [1.29, 1.82) is 0 Å². The van der Waals surface area contributed by atoms with Crippen molar-refractivity contribution in [3.8, 4) is 0 Å². The molecule has 0 aliphatic rings. The summed E-state index contributed by atoms with van der Waals surface area (Å²) in [5, 5.41) is 11.2. The fourth-order valence-corrected chi connectivity index (χ4v) is 4.62. The minimum Gasteiger partial charge on any atom is -0.378 e. The van der Waals surface area contributed by atoms with Crippen LogP contribution in [0, 0.1) is 0 Å². The molecule has 0 amide bonds. The van der Waals surface area contributed by atoms with Crippen molar-refractivity contribution in [2.75, 3.05) is 25.6 Å². The third-order valence-electron chi connectivity index (χ3n) is 3.54. The summed E-state index contributed by atoms with van der Waals surface area (Å²) >= 11 is 3.36. The number of nitrogens with zero attached hydrogens (tertiary/aromatic N) is 1. The summed E-state index contributed by atoms with van der Waals surface area (Å²) in [4.78, 5) is 1.96. The molecular formula is C17H21BrNO3P. The summed E-state index contributed by atoms with van der Waals surface area (Å²) in [5.41, 5.74) is 1.57. The molecule has 0 heterocycles. The second-order valence-corrected chi connectivity index (χ2v) is 8.72. The Morgan fingerprint density at radius 1 is 1.13 bits per heavy atom. The Balaban J connectivity index is 2.41. The zero-order chi connectivity index (χ0) is 17.0. The molecule has 2 aromatic carbocycles. The molecule has 2 atom stereocenters. The SMILES string of the molecule is CCO[P@](=O)(c1ccc(N(C)C)cc1)[C@@H](O)c1ccc(Br)cc1. The Morgan fingerprint density at radius 3 is 2.17 bits per heavy atom. The second kappa shape index (κ2) is 7.63. The first kappa shape index (κ1) is 18.2. The number of aliphatic hydroxyl groups excluding tert-OH is 1. The Labute approximate surface area is 145 Å². The number of hydrogen-bond donors (Lipinski definition) is 1. The van der Waals surface area contributed by atoms with E-state index in [-0.39, 0.29) is 6.61 Å². The third-order valence-corrected chi connectivity index (χ3v) is 6.67. The molecule has 0 aliphatic carbocycles. The van der Waals surface area contributed by atoms with Crippen LogP contribution in [0.15, 0.2) is 53.0 Å². The Bertz CT molecular complexity index is 686. The molecule has 0 saturated carbocycles. The molecule has 23 heavy (non-hydrogen) atoms. The van der Waals surface area contributed by atoms with Gasteiger partial charge in [0.2, 0.25) is 0 Å². The van der Waals surface area contributed by atoms with E-state index in [1.165, 1.54) is 0 Å². The molecule has 0 fully saturated rings. The second-order valence-electron chi connectivity index (χ2n) is 5.35. The van der Waals surface area contributed by atoms with Crippen LogP contribution >= 0.6 is 23.3 Å². The van der Waals surface area contributed by atoms with Gasteiger partial charge in [-0.1, -0.05) is 28.1 Å². The van der Waals surface area contributed by atoms with E-state index in [1.54, 1.807) is 31.2 Å². The van der Waals surface area contributed by atoms with E-state index in [4.69, 9.17) is 4.52 Å². The van der Waals surface area contributed by atoms with E-state index in [9.17, 15) is 9.67 Å². The number of halogens is 1. The lowest BCUT2D eigenvalue weighted by atomic mass is 10.2. The molecule has 0 bridgehead atoms. The van der Waals surface area contributed by atoms with Gasteiger partial charge in [-0.15, -0.1) is 0 Å². The van der Waals surface area contributed by atoms with E-state index < -0.39 is 13.2 Å². The molecule has 0 spiro atoms. The normalized spacial score (nSPS) is 15.0. The highest BCUT2D eigenvalue weighted by atomic mass is 79.9. The average Bonchev–Trinajstić information content (AvgIpc) is 2.55. The highest BCUT2D eigenvalue weighted by Crippen LogP contribution is 2.57. The Kier molecular flexibility index (Phi) is 6.04. The minimum atomic E-state index is -3.43. The third kappa shape index (κ3) is 4.04. The summed E-state index contributed by atoms with van der Waals surface area (Å²) in [7, 11) is 0.448. The summed E-state index contributed by atoms with van der Waals surface area (Å²) < 4.78 is 19.8. The zero-order valence-corrected chi connectivity index (χ0v) is 15.9. The maximum atomic E-state index is 13.4. The molecule has 0 aromatic heterocycles. The van der Waals surface area contributed by atoms with Crippen LogP contribution in [0.2, 0.25) is 0 Å². The molecular weight excluding hydrogens is 377 g/mol. The van der Waals surface area contributed by atoms with Gasteiger partial charge in [-0.05, 0) is 48.9 Å². The van der Waals surface area contributed by atoms with Gasteiger partial charge in [0.05, 0.1) is 6.61 Å². The van der Waals surface area contributed by atoms with Crippen LogP contribution in [0.1, 0.15) is 18.3 Å².